The standard InChI is InChI=1S/C15H18Cl2O2/c1-9-5-6-12(15(18)19)11(7-9)8-10-3-2-4-13(16)14(10)17/h2-4,9,11-12H,5-8H2,1H3,(H,18,19). The summed E-state index contributed by atoms with van der Waals surface area (Å²) in [5, 5.41) is 10.4. The lowest BCUT2D eigenvalue weighted by molar-refractivity contribution is -0.145. The van der Waals surface area contributed by atoms with Crippen LogP contribution in [0.2, 0.25) is 10.0 Å². The minimum Gasteiger partial charge on any atom is -0.481 e. The third kappa shape index (κ3) is 3.43. The molecular weight excluding hydrogens is 283 g/mol. The summed E-state index contributed by atoms with van der Waals surface area (Å²) in [5.74, 6) is -0.211. The molecule has 0 radical (unpaired) electrons. The Balaban J connectivity index is 2.19. The Kier molecular flexibility index (Phi) is 4.75. The van der Waals surface area contributed by atoms with Crippen molar-refractivity contribution < 1.29 is 9.90 Å². The summed E-state index contributed by atoms with van der Waals surface area (Å²) in [4.78, 5) is 11.4. The molecule has 1 fully saturated rings. The van der Waals surface area contributed by atoms with E-state index in [1.54, 1.807) is 6.07 Å². The van der Waals surface area contributed by atoms with Gasteiger partial charge in [-0.25, -0.2) is 0 Å². The van der Waals surface area contributed by atoms with Gasteiger partial charge < -0.3 is 5.11 Å². The quantitative estimate of drug-likeness (QED) is 0.880. The molecule has 1 aliphatic carbocycles. The summed E-state index contributed by atoms with van der Waals surface area (Å²) in [7, 11) is 0. The summed E-state index contributed by atoms with van der Waals surface area (Å²) >= 11 is 12.2. The van der Waals surface area contributed by atoms with Crippen LogP contribution in [0.25, 0.3) is 0 Å². The van der Waals surface area contributed by atoms with E-state index in [0.717, 1.165) is 24.8 Å². The lowest BCUT2D eigenvalue weighted by Gasteiger charge is -2.32. The van der Waals surface area contributed by atoms with Gasteiger partial charge in [0.05, 0.1) is 16.0 Å². The molecular formula is C15H18Cl2O2. The molecule has 0 heterocycles. The summed E-state index contributed by atoms with van der Waals surface area (Å²) in [6.45, 7) is 2.19. The molecule has 104 valence electrons. The fourth-order valence-corrected chi connectivity index (χ4v) is 3.44. The van der Waals surface area contributed by atoms with Crippen LogP contribution in [-0.4, -0.2) is 11.1 Å². The molecule has 4 heteroatoms. The van der Waals surface area contributed by atoms with Crippen LogP contribution in [0.1, 0.15) is 31.7 Å². The zero-order chi connectivity index (χ0) is 14.0. The highest BCUT2D eigenvalue weighted by Gasteiger charge is 2.33. The first-order valence-electron chi connectivity index (χ1n) is 6.64. The predicted octanol–water partition coefficient (Wildman–Crippen LogP) is 4.67. The molecule has 1 saturated carbocycles. The van der Waals surface area contributed by atoms with Crippen molar-refractivity contribution in [3.8, 4) is 0 Å². The Hall–Kier alpha value is -0.730. The maximum atomic E-state index is 11.4. The third-order valence-corrected chi connectivity index (χ3v) is 4.93. The van der Waals surface area contributed by atoms with Crippen LogP contribution in [-0.2, 0) is 11.2 Å². The molecule has 0 bridgehead atoms. The molecule has 3 atom stereocenters. The first-order chi connectivity index (χ1) is 8.99. The largest absolute Gasteiger partial charge is 0.481 e. The molecule has 0 saturated heterocycles. The van der Waals surface area contributed by atoms with Gasteiger partial charge in [0, 0.05) is 0 Å². The van der Waals surface area contributed by atoms with Gasteiger partial charge >= 0.3 is 5.97 Å². The van der Waals surface area contributed by atoms with Crippen molar-refractivity contribution in [3.05, 3.63) is 33.8 Å². The van der Waals surface area contributed by atoms with Crippen LogP contribution < -0.4 is 0 Å². The first-order valence-corrected chi connectivity index (χ1v) is 7.40. The molecule has 0 aliphatic heterocycles. The van der Waals surface area contributed by atoms with Gasteiger partial charge in [0.15, 0.2) is 0 Å². The Morgan fingerprint density at radius 1 is 1.37 bits per heavy atom. The molecule has 1 aromatic rings. The van der Waals surface area contributed by atoms with Gasteiger partial charge in [0.1, 0.15) is 0 Å². The highest BCUT2D eigenvalue weighted by molar-refractivity contribution is 6.42. The van der Waals surface area contributed by atoms with Crippen LogP contribution in [0.5, 0.6) is 0 Å². The number of carboxylic acid groups (broad SMARTS) is 1. The van der Waals surface area contributed by atoms with E-state index in [0.29, 0.717) is 22.4 Å². The van der Waals surface area contributed by atoms with Crippen molar-refractivity contribution in [2.24, 2.45) is 17.8 Å². The van der Waals surface area contributed by atoms with Crippen molar-refractivity contribution in [2.75, 3.05) is 0 Å². The highest BCUT2D eigenvalue weighted by Crippen LogP contribution is 2.38. The van der Waals surface area contributed by atoms with E-state index in [-0.39, 0.29) is 11.8 Å². The second-order valence-corrected chi connectivity index (χ2v) is 6.33. The van der Waals surface area contributed by atoms with Gasteiger partial charge in [-0.15, -0.1) is 0 Å². The van der Waals surface area contributed by atoms with Crippen LogP contribution >= 0.6 is 23.2 Å². The summed E-state index contributed by atoms with van der Waals surface area (Å²) in [6, 6.07) is 5.56. The van der Waals surface area contributed by atoms with Crippen LogP contribution in [0.3, 0.4) is 0 Å². The highest BCUT2D eigenvalue weighted by atomic mass is 35.5. The lowest BCUT2D eigenvalue weighted by atomic mass is 9.72. The van der Waals surface area contributed by atoms with Gasteiger partial charge in [-0.05, 0) is 49.1 Å². The van der Waals surface area contributed by atoms with Crippen molar-refractivity contribution in [2.45, 2.75) is 32.6 Å². The molecule has 0 amide bonds. The van der Waals surface area contributed by atoms with E-state index in [1.807, 2.05) is 12.1 Å². The topological polar surface area (TPSA) is 37.3 Å². The minimum atomic E-state index is -0.685. The number of halogens is 2. The first kappa shape index (κ1) is 14.7. The van der Waals surface area contributed by atoms with Crippen LogP contribution in [0, 0.1) is 17.8 Å². The fraction of sp³-hybridized carbons (Fsp3) is 0.533. The zero-order valence-corrected chi connectivity index (χ0v) is 12.4. The van der Waals surface area contributed by atoms with Gasteiger partial charge in [0.25, 0.3) is 0 Å². The molecule has 19 heavy (non-hydrogen) atoms. The number of hydrogen-bond acceptors (Lipinski definition) is 1. The second kappa shape index (κ2) is 6.15. The Bertz CT molecular complexity index is 473. The summed E-state index contributed by atoms with van der Waals surface area (Å²) < 4.78 is 0. The average molecular weight is 301 g/mol. The van der Waals surface area contributed by atoms with E-state index in [2.05, 4.69) is 6.92 Å². The minimum absolute atomic E-state index is 0.150. The summed E-state index contributed by atoms with van der Waals surface area (Å²) in [5.41, 5.74) is 0.958. The van der Waals surface area contributed by atoms with E-state index >= 15 is 0 Å². The van der Waals surface area contributed by atoms with E-state index in [1.165, 1.54) is 0 Å². The Labute approximate surface area is 123 Å². The average Bonchev–Trinajstić information content (AvgIpc) is 2.35. The molecule has 1 aromatic carbocycles. The molecule has 0 aromatic heterocycles. The van der Waals surface area contributed by atoms with Crippen LogP contribution in [0.15, 0.2) is 18.2 Å². The number of hydrogen-bond donors (Lipinski definition) is 1. The number of carbonyl (C=O) groups is 1. The Morgan fingerprint density at radius 2 is 2.11 bits per heavy atom. The molecule has 2 nitrogen and oxygen atoms in total. The molecule has 2 rings (SSSR count). The monoisotopic (exact) mass is 300 g/mol. The van der Waals surface area contributed by atoms with E-state index < -0.39 is 5.97 Å². The SMILES string of the molecule is CC1CCC(C(=O)O)C(Cc2cccc(Cl)c2Cl)C1. The van der Waals surface area contributed by atoms with Gasteiger partial charge in [-0.1, -0.05) is 42.3 Å². The second-order valence-electron chi connectivity index (χ2n) is 5.54. The van der Waals surface area contributed by atoms with Gasteiger partial charge in [-0.2, -0.15) is 0 Å². The molecule has 0 spiro atoms. The van der Waals surface area contributed by atoms with Crippen molar-refractivity contribution in [1.82, 2.24) is 0 Å². The summed E-state index contributed by atoms with van der Waals surface area (Å²) in [6.07, 6.45) is 3.40. The molecule has 3 unspecified atom stereocenters. The maximum Gasteiger partial charge on any atom is 0.306 e. The van der Waals surface area contributed by atoms with Crippen molar-refractivity contribution >= 4 is 29.2 Å². The third-order valence-electron chi connectivity index (χ3n) is 4.08. The van der Waals surface area contributed by atoms with E-state index in [4.69, 9.17) is 23.2 Å². The smallest absolute Gasteiger partial charge is 0.306 e. The van der Waals surface area contributed by atoms with Crippen LogP contribution in [0.4, 0.5) is 0 Å². The van der Waals surface area contributed by atoms with E-state index in [9.17, 15) is 9.90 Å². The fourth-order valence-electron chi connectivity index (χ4n) is 3.04. The number of benzene rings is 1. The van der Waals surface area contributed by atoms with Gasteiger partial charge in [0.2, 0.25) is 0 Å². The van der Waals surface area contributed by atoms with Crippen molar-refractivity contribution in [3.63, 3.8) is 0 Å². The van der Waals surface area contributed by atoms with Gasteiger partial charge in [-0.3, -0.25) is 4.79 Å². The normalized spacial score (nSPS) is 27.2. The molecule has 1 N–H and O–H groups in total. The number of rotatable bonds is 3. The number of carboxylic acids is 1. The lowest BCUT2D eigenvalue weighted by Crippen LogP contribution is -2.31. The molecule has 1 aliphatic rings. The van der Waals surface area contributed by atoms with Crippen molar-refractivity contribution in [1.29, 1.82) is 0 Å². The number of aliphatic carboxylic acids is 1. The Morgan fingerprint density at radius 3 is 2.79 bits per heavy atom. The maximum absolute atomic E-state index is 11.4. The zero-order valence-electron chi connectivity index (χ0n) is 10.9. The predicted molar refractivity (Wildman–Crippen MR) is 77.8 cm³/mol.